The number of anilines is 1. The first-order chi connectivity index (χ1) is 17.0. The normalized spacial score (nSPS) is 16.1. The van der Waals surface area contributed by atoms with Gasteiger partial charge in [0.2, 0.25) is 5.91 Å². The molecule has 2 aliphatic rings. The average molecular weight is 472 g/mol. The molecule has 9 heteroatoms. The summed E-state index contributed by atoms with van der Waals surface area (Å²) in [6, 6.07) is 4.67. The third-order valence-electron chi connectivity index (χ3n) is 6.89. The average Bonchev–Trinajstić information content (AvgIpc) is 3.77. The lowest BCUT2D eigenvalue weighted by Gasteiger charge is -2.27. The molecule has 35 heavy (non-hydrogen) atoms. The summed E-state index contributed by atoms with van der Waals surface area (Å²) in [5.41, 5.74) is 4.49. The van der Waals surface area contributed by atoms with Crippen LogP contribution in [0.4, 0.5) is 5.69 Å². The Labute approximate surface area is 204 Å². The van der Waals surface area contributed by atoms with Crippen molar-refractivity contribution >= 4 is 17.5 Å². The number of carbonyl (C=O) groups is 2. The number of rotatable bonds is 9. The number of H-pyrrole nitrogens is 1. The first-order valence-corrected chi connectivity index (χ1v) is 12.0. The lowest BCUT2D eigenvalue weighted by Crippen LogP contribution is -2.50. The quantitative estimate of drug-likeness (QED) is 0.415. The van der Waals surface area contributed by atoms with Gasteiger partial charge < -0.3 is 10.6 Å². The molecule has 2 saturated carbocycles. The molecule has 0 spiro atoms. The Morgan fingerprint density at radius 3 is 2.51 bits per heavy atom. The molecule has 3 N–H and O–H groups in total. The number of nitrogens with zero attached hydrogens (tertiary/aromatic N) is 4. The van der Waals surface area contributed by atoms with Crippen LogP contribution in [-0.4, -0.2) is 42.8 Å². The molecule has 5 rings (SSSR count). The molecule has 1 atom stereocenters. The van der Waals surface area contributed by atoms with Crippen molar-refractivity contribution < 1.29 is 9.59 Å². The Morgan fingerprint density at radius 1 is 1.20 bits per heavy atom. The maximum atomic E-state index is 13.5. The predicted molar refractivity (Wildman–Crippen MR) is 131 cm³/mol. The van der Waals surface area contributed by atoms with Gasteiger partial charge in [-0.3, -0.25) is 19.7 Å². The van der Waals surface area contributed by atoms with Gasteiger partial charge in [-0.2, -0.15) is 10.2 Å². The van der Waals surface area contributed by atoms with Gasteiger partial charge in [0, 0.05) is 17.5 Å². The van der Waals surface area contributed by atoms with Crippen LogP contribution in [0.15, 0.2) is 30.6 Å². The van der Waals surface area contributed by atoms with Crippen LogP contribution >= 0.6 is 0 Å². The highest BCUT2D eigenvalue weighted by atomic mass is 16.2. The number of aromatic amines is 1. The molecule has 180 valence electrons. The maximum Gasteiger partial charge on any atom is 0.270 e. The molecule has 0 radical (unpaired) electrons. The largest absolute Gasteiger partial charge is 0.339 e. The smallest absolute Gasteiger partial charge is 0.270 e. The van der Waals surface area contributed by atoms with E-state index in [0.29, 0.717) is 23.2 Å². The molecule has 2 aliphatic carbocycles. The molecular formula is C26H29N7O2. The third-order valence-corrected chi connectivity index (χ3v) is 6.89. The SMILES string of the molecule is C#CCn1nccc1C(=O)N[C@H](C(=O)Nc1ccc(-c2c(C)n[nH]c2C)nc1)C(C1CC1)C1CC1. The summed E-state index contributed by atoms with van der Waals surface area (Å²) < 4.78 is 1.47. The van der Waals surface area contributed by atoms with Crippen LogP contribution in [-0.2, 0) is 11.3 Å². The molecule has 0 aromatic carbocycles. The molecule has 0 aliphatic heterocycles. The summed E-state index contributed by atoms with van der Waals surface area (Å²) in [4.78, 5) is 31.2. The number of carbonyl (C=O) groups excluding carboxylic acids is 2. The minimum Gasteiger partial charge on any atom is -0.339 e. The Bertz CT molecular complexity index is 1240. The number of amides is 2. The van der Waals surface area contributed by atoms with Crippen LogP contribution in [0, 0.1) is 43.9 Å². The molecule has 0 unspecified atom stereocenters. The van der Waals surface area contributed by atoms with Gasteiger partial charge in [0.15, 0.2) is 0 Å². The fraction of sp³-hybridized carbons (Fsp3) is 0.423. The van der Waals surface area contributed by atoms with Crippen molar-refractivity contribution in [3.05, 3.63) is 47.7 Å². The second-order valence-electron chi connectivity index (χ2n) is 9.51. The first kappa shape index (κ1) is 22.8. The zero-order valence-corrected chi connectivity index (χ0v) is 19.9. The van der Waals surface area contributed by atoms with Gasteiger partial charge in [0.25, 0.3) is 5.91 Å². The van der Waals surface area contributed by atoms with E-state index in [1.54, 1.807) is 12.3 Å². The van der Waals surface area contributed by atoms with Gasteiger partial charge in [0.05, 0.1) is 23.3 Å². The lowest BCUT2D eigenvalue weighted by atomic mass is 9.88. The summed E-state index contributed by atoms with van der Waals surface area (Å²) in [6.07, 6.45) is 13.0. The van der Waals surface area contributed by atoms with Crippen LogP contribution in [0.5, 0.6) is 0 Å². The van der Waals surface area contributed by atoms with Gasteiger partial charge in [-0.05, 0) is 75.5 Å². The summed E-state index contributed by atoms with van der Waals surface area (Å²) in [5.74, 6) is 2.97. The molecule has 0 bridgehead atoms. The Hall–Kier alpha value is -3.93. The minimum absolute atomic E-state index is 0.117. The van der Waals surface area contributed by atoms with Crippen LogP contribution in [0.3, 0.4) is 0 Å². The van der Waals surface area contributed by atoms with Crippen LogP contribution < -0.4 is 10.6 Å². The summed E-state index contributed by atoms with van der Waals surface area (Å²) in [6.45, 7) is 4.06. The van der Waals surface area contributed by atoms with Gasteiger partial charge in [-0.25, -0.2) is 4.68 Å². The number of aryl methyl sites for hydroxylation is 2. The van der Waals surface area contributed by atoms with Crippen molar-refractivity contribution in [2.24, 2.45) is 17.8 Å². The van der Waals surface area contributed by atoms with E-state index in [2.05, 4.69) is 36.8 Å². The fourth-order valence-corrected chi connectivity index (χ4v) is 4.95. The van der Waals surface area contributed by atoms with E-state index < -0.39 is 6.04 Å². The van der Waals surface area contributed by atoms with Crippen LogP contribution in [0.2, 0.25) is 0 Å². The zero-order chi connectivity index (χ0) is 24.5. The second-order valence-corrected chi connectivity index (χ2v) is 9.51. The van der Waals surface area contributed by atoms with Crippen molar-refractivity contribution in [3.63, 3.8) is 0 Å². The summed E-state index contributed by atoms with van der Waals surface area (Å²) in [7, 11) is 0. The van der Waals surface area contributed by atoms with E-state index >= 15 is 0 Å². The molecule has 3 aromatic rings. The van der Waals surface area contributed by atoms with Crippen molar-refractivity contribution in [1.82, 2.24) is 30.3 Å². The van der Waals surface area contributed by atoms with E-state index in [1.165, 1.54) is 10.9 Å². The molecule has 3 aromatic heterocycles. The minimum atomic E-state index is -0.644. The van der Waals surface area contributed by atoms with Crippen molar-refractivity contribution in [3.8, 4) is 23.6 Å². The van der Waals surface area contributed by atoms with Gasteiger partial charge in [-0.1, -0.05) is 5.92 Å². The molecule has 9 nitrogen and oxygen atoms in total. The van der Waals surface area contributed by atoms with Crippen molar-refractivity contribution in [2.75, 3.05) is 5.32 Å². The Kier molecular flexibility index (Phi) is 6.12. The number of hydrogen-bond donors (Lipinski definition) is 3. The van der Waals surface area contributed by atoms with E-state index in [4.69, 9.17) is 6.42 Å². The monoisotopic (exact) mass is 471 g/mol. The van der Waals surface area contributed by atoms with E-state index in [9.17, 15) is 9.59 Å². The van der Waals surface area contributed by atoms with Gasteiger partial charge in [0.1, 0.15) is 18.3 Å². The second kappa shape index (κ2) is 9.37. The number of terminal acetylenes is 1. The van der Waals surface area contributed by atoms with Crippen molar-refractivity contribution in [2.45, 2.75) is 52.1 Å². The third kappa shape index (κ3) is 4.83. The molecule has 2 fully saturated rings. The maximum absolute atomic E-state index is 13.5. The van der Waals surface area contributed by atoms with Gasteiger partial charge in [-0.15, -0.1) is 6.42 Å². The van der Waals surface area contributed by atoms with Crippen LogP contribution in [0.25, 0.3) is 11.3 Å². The highest BCUT2D eigenvalue weighted by Gasteiger charge is 2.48. The first-order valence-electron chi connectivity index (χ1n) is 12.0. The topological polar surface area (TPSA) is 118 Å². The van der Waals surface area contributed by atoms with E-state index in [-0.39, 0.29) is 24.3 Å². The number of pyridine rings is 1. The lowest BCUT2D eigenvalue weighted by molar-refractivity contribution is -0.119. The molecule has 2 amide bonds. The van der Waals surface area contributed by atoms with Gasteiger partial charge >= 0.3 is 0 Å². The summed E-state index contributed by atoms with van der Waals surface area (Å²) >= 11 is 0. The highest BCUT2D eigenvalue weighted by molar-refractivity contribution is 6.00. The number of nitrogens with one attached hydrogen (secondary N) is 3. The fourth-order valence-electron chi connectivity index (χ4n) is 4.95. The summed E-state index contributed by atoms with van der Waals surface area (Å²) in [5, 5.41) is 17.3. The van der Waals surface area contributed by atoms with E-state index in [0.717, 1.165) is 48.3 Å². The standard InChI is InChI=1S/C26H29N7O2/c1-4-13-33-21(11-12-28-33)25(34)30-24(23(17-5-6-17)18-7-8-18)26(35)29-19-9-10-20(27-14-19)22-15(2)31-32-16(22)3/h1,9-12,14,17-18,23-24H,5-8,13H2,2-3H3,(H,29,35)(H,30,34)(H,31,32)/t24-/m0/s1. The number of hydrogen-bond acceptors (Lipinski definition) is 5. The molecule has 0 saturated heterocycles. The highest BCUT2D eigenvalue weighted by Crippen LogP contribution is 2.51. The van der Waals surface area contributed by atoms with E-state index in [1.807, 2.05) is 26.0 Å². The molecule has 3 heterocycles. The zero-order valence-electron chi connectivity index (χ0n) is 19.9. The Morgan fingerprint density at radius 2 is 1.94 bits per heavy atom. The number of aromatic nitrogens is 5. The van der Waals surface area contributed by atoms with Crippen LogP contribution in [0.1, 0.15) is 47.6 Å². The molecular weight excluding hydrogens is 442 g/mol. The predicted octanol–water partition coefficient (Wildman–Crippen LogP) is 3.09. The Balaban J connectivity index is 1.36. The van der Waals surface area contributed by atoms with Crippen molar-refractivity contribution in [1.29, 1.82) is 0 Å².